The van der Waals surface area contributed by atoms with Crippen molar-refractivity contribution in [2.24, 2.45) is 0 Å². The molecule has 2 N–H and O–H groups in total. The van der Waals surface area contributed by atoms with Gasteiger partial charge in [0.1, 0.15) is 0 Å². The molecule has 0 radical (unpaired) electrons. The standard InChI is InChI=1S/C19H20N2O2/c1-2-13-5-3-4-6-17(13)21-19(23)15-9-7-14(8-10-15)18(22)20-16-11-12-16/h3-10,16H,2,11-12H2,1H3,(H,20,22)(H,21,23). The van der Waals surface area contributed by atoms with Crippen molar-refractivity contribution in [3.05, 3.63) is 65.2 Å². The molecule has 0 saturated heterocycles. The van der Waals surface area contributed by atoms with Gasteiger partial charge in [0, 0.05) is 22.9 Å². The van der Waals surface area contributed by atoms with Crippen LogP contribution >= 0.6 is 0 Å². The summed E-state index contributed by atoms with van der Waals surface area (Å²) in [6, 6.07) is 14.8. The van der Waals surface area contributed by atoms with E-state index in [1.54, 1.807) is 24.3 Å². The van der Waals surface area contributed by atoms with Crippen LogP contribution in [0.5, 0.6) is 0 Å². The normalized spacial score (nSPS) is 13.4. The molecule has 0 atom stereocenters. The van der Waals surface area contributed by atoms with Crippen LogP contribution in [0.2, 0.25) is 0 Å². The zero-order valence-electron chi connectivity index (χ0n) is 13.1. The Labute approximate surface area is 135 Å². The zero-order chi connectivity index (χ0) is 16.2. The summed E-state index contributed by atoms with van der Waals surface area (Å²) in [7, 11) is 0. The lowest BCUT2D eigenvalue weighted by Gasteiger charge is -2.10. The Morgan fingerprint density at radius 2 is 1.57 bits per heavy atom. The van der Waals surface area contributed by atoms with Crippen LogP contribution in [0.15, 0.2) is 48.5 Å². The number of hydrogen-bond donors (Lipinski definition) is 2. The highest BCUT2D eigenvalue weighted by Gasteiger charge is 2.23. The molecule has 1 fully saturated rings. The minimum absolute atomic E-state index is 0.0733. The predicted octanol–water partition coefficient (Wildman–Crippen LogP) is 3.39. The molecule has 4 nitrogen and oxygen atoms in total. The van der Waals surface area contributed by atoms with E-state index in [0.29, 0.717) is 17.2 Å². The maximum absolute atomic E-state index is 12.3. The van der Waals surface area contributed by atoms with Gasteiger partial charge in [0.2, 0.25) is 0 Å². The maximum atomic E-state index is 12.3. The van der Waals surface area contributed by atoms with E-state index in [-0.39, 0.29) is 11.8 Å². The minimum atomic E-state index is -0.167. The fraction of sp³-hybridized carbons (Fsp3) is 0.263. The van der Waals surface area contributed by atoms with Crippen molar-refractivity contribution in [3.8, 4) is 0 Å². The number of benzene rings is 2. The average molecular weight is 308 g/mol. The van der Waals surface area contributed by atoms with Crippen LogP contribution in [0.25, 0.3) is 0 Å². The first-order valence-corrected chi connectivity index (χ1v) is 7.97. The SMILES string of the molecule is CCc1ccccc1NC(=O)c1ccc(C(=O)NC2CC2)cc1. The predicted molar refractivity (Wildman–Crippen MR) is 90.7 cm³/mol. The molecule has 0 unspecified atom stereocenters. The highest BCUT2D eigenvalue weighted by atomic mass is 16.2. The summed E-state index contributed by atoms with van der Waals surface area (Å²) >= 11 is 0. The lowest BCUT2D eigenvalue weighted by atomic mass is 10.1. The highest BCUT2D eigenvalue weighted by molar-refractivity contribution is 6.05. The van der Waals surface area contributed by atoms with Gasteiger partial charge in [-0.05, 0) is 55.2 Å². The van der Waals surface area contributed by atoms with Crippen LogP contribution in [0, 0.1) is 0 Å². The van der Waals surface area contributed by atoms with Gasteiger partial charge >= 0.3 is 0 Å². The van der Waals surface area contributed by atoms with Crippen molar-refractivity contribution in [2.45, 2.75) is 32.2 Å². The van der Waals surface area contributed by atoms with E-state index in [9.17, 15) is 9.59 Å². The Morgan fingerprint density at radius 1 is 0.957 bits per heavy atom. The second kappa shape index (κ2) is 6.65. The molecule has 1 aliphatic rings. The third-order valence-electron chi connectivity index (χ3n) is 3.97. The van der Waals surface area contributed by atoms with Gasteiger partial charge in [-0.1, -0.05) is 25.1 Å². The third-order valence-corrected chi connectivity index (χ3v) is 3.97. The minimum Gasteiger partial charge on any atom is -0.349 e. The van der Waals surface area contributed by atoms with E-state index < -0.39 is 0 Å². The first-order valence-electron chi connectivity index (χ1n) is 7.97. The van der Waals surface area contributed by atoms with E-state index in [4.69, 9.17) is 0 Å². The van der Waals surface area contributed by atoms with Crippen molar-refractivity contribution in [1.82, 2.24) is 5.32 Å². The van der Waals surface area contributed by atoms with Gasteiger partial charge in [-0.2, -0.15) is 0 Å². The quantitative estimate of drug-likeness (QED) is 0.889. The summed E-state index contributed by atoms with van der Waals surface area (Å²) in [5.41, 5.74) is 3.05. The van der Waals surface area contributed by atoms with Crippen LogP contribution in [0.4, 0.5) is 5.69 Å². The Hall–Kier alpha value is -2.62. The number of amides is 2. The van der Waals surface area contributed by atoms with Crippen LogP contribution in [-0.4, -0.2) is 17.9 Å². The topological polar surface area (TPSA) is 58.2 Å². The van der Waals surface area contributed by atoms with Crippen LogP contribution < -0.4 is 10.6 Å². The number of para-hydroxylation sites is 1. The Kier molecular flexibility index (Phi) is 4.42. The largest absolute Gasteiger partial charge is 0.349 e. The fourth-order valence-electron chi connectivity index (χ4n) is 2.41. The summed E-state index contributed by atoms with van der Waals surface area (Å²) < 4.78 is 0. The number of nitrogens with one attached hydrogen (secondary N) is 2. The Morgan fingerprint density at radius 3 is 2.17 bits per heavy atom. The third kappa shape index (κ3) is 3.77. The molecule has 0 aromatic heterocycles. The number of anilines is 1. The molecule has 1 aliphatic carbocycles. The van der Waals surface area contributed by atoms with E-state index in [2.05, 4.69) is 17.6 Å². The van der Waals surface area contributed by atoms with Gasteiger partial charge in [-0.25, -0.2) is 0 Å². The molecule has 0 bridgehead atoms. The first-order chi connectivity index (χ1) is 11.2. The number of carbonyl (C=O) groups excluding carboxylic acids is 2. The first kappa shape index (κ1) is 15.3. The second-order valence-electron chi connectivity index (χ2n) is 5.79. The van der Waals surface area contributed by atoms with Crippen LogP contribution in [0.3, 0.4) is 0 Å². The van der Waals surface area contributed by atoms with Crippen molar-refractivity contribution in [3.63, 3.8) is 0 Å². The molecule has 2 amide bonds. The smallest absolute Gasteiger partial charge is 0.255 e. The van der Waals surface area contributed by atoms with Gasteiger partial charge in [0.15, 0.2) is 0 Å². The van der Waals surface area contributed by atoms with Gasteiger partial charge in [0.05, 0.1) is 0 Å². The Balaban J connectivity index is 1.68. The van der Waals surface area contributed by atoms with Crippen molar-refractivity contribution >= 4 is 17.5 Å². The van der Waals surface area contributed by atoms with Crippen LogP contribution in [0.1, 0.15) is 46.0 Å². The fourth-order valence-corrected chi connectivity index (χ4v) is 2.41. The number of hydrogen-bond acceptors (Lipinski definition) is 2. The van der Waals surface area contributed by atoms with Gasteiger partial charge in [-0.15, -0.1) is 0 Å². The molecule has 2 aromatic rings. The summed E-state index contributed by atoms with van der Waals surface area (Å²) in [6.45, 7) is 2.05. The maximum Gasteiger partial charge on any atom is 0.255 e. The molecule has 23 heavy (non-hydrogen) atoms. The number of carbonyl (C=O) groups is 2. The second-order valence-corrected chi connectivity index (χ2v) is 5.79. The molecule has 118 valence electrons. The number of aryl methyl sites for hydroxylation is 1. The van der Waals surface area contributed by atoms with Gasteiger partial charge < -0.3 is 10.6 Å². The highest BCUT2D eigenvalue weighted by Crippen LogP contribution is 2.20. The van der Waals surface area contributed by atoms with Gasteiger partial charge in [-0.3, -0.25) is 9.59 Å². The summed E-state index contributed by atoms with van der Waals surface area (Å²) in [5.74, 6) is -0.240. The lowest BCUT2D eigenvalue weighted by Crippen LogP contribution is -2.25. The summed E-state index contributed by atoms with van der Waals surface area (Å²) in [5, 5.41) is 5.86. The molecule has 4 heteroatoms. The average Bonchev–Trinajstić information content (AvgIpc) is 3.39. The lowest BCUT2D eigenvalue weighted by molar-refractivity contribution is 0.0949. The molecular weight excluding hydrogens is 288 g/mol. The molecule has 0 aliphatic heterocycles. The van der Waals surface area contributed by atoms with E-state index >= 15 is 0 Å². The summed E-state index contributed by atoms with van der Waals surface area (Å²) in [6.07, 6.45) is 2.98. The van der Waals surface area contributed by atoms with Crippen molar-refractivity contribution in [1.29, 1.82) is 0 Å². The van der Waals surface area contributed by atoms with E-state index in [1.165, 1.54) is 0 Å². The van der Waals surface area contributed by atoms with Crippen LogP contribution in [-0.2, 0) is 6.42 Å². The molecule has 3 rings (SSSR count). The number of rotatable bonds is 5. The molecule has 1 saturated carbocycles. The molecular formula is C19H20N2O2. The monoisotopic (exact) mass is 308 g/mol. The summed E-state index contributed by atoms with van der Waals surface area (Å²) in [4.78, 5) is 24.3. The zero-order valence-corrected chi connectivity index (χ0v) is 13.1. The van der Waals surface area contributed by atoms with E-state index in [0.717, 1.165) is 30.5 Å². The van der Waals surface area contributed by atoms with Gasteiger partial charge in [0.25, 0.3) is 11.8 Å². The molecule has 0 spiro atoms. The van der Waals surface area contributed by atoms with E-state index in [1.807, 2.05) is 24.3 Å². The van der Waals surface area contributed by atoms with Crippen molar-refractivity contribution in [2.75, 3.05) is 5.32 Å². The Bertz CT molecular complexity index is 718. The van der Waals surface area contributed by atoms with Crippen molar-refractivity contribution < 1.29 is 9.59 Å². The molecule has 0 heterocycles. The molecule has 2 aromatic carbocycles.